The first kappa shape index (κ1) is 21.5. The minimum atomic E-state index is -3.83. The van der Waals surface area contributed by atoms with E-state index in [2.05, 4.69) is 10.6 Å². The molecule has 0 spiro atoms. The molecule has 9 heteroatoms. The molecule has 8 nitrogen and oxygen atoms in total. The third-order valence-electron chi connectivity index (χ3n) is 4.77. The zero-order chi connectivity index (χ0) is 22.1. The number of ketones is 1. The standard InChI is InChI=1S/C21H22N2O6S/c1-12-7-17-18(29-11-21(26)23-17)10-19(12)30(27,28)13(2)8-20(25)22-16-6-4-5-15(9-16)14(3)24/h4-7,9-10,13H,8,11H2,1-3H3,(H,22,25)(H,23,26)/t13-/m0/s1. The number of nitrogens with one attached hydrogen (secondary N) is 2. The van der Waals surface area contributed by atoms with Gasteiger partial charge in [0, 0.05) is 23.7 Å². The molecule has 0 saturated carbocycles. The largest absolute Gasteiger partial charge is 0.482 e. The van der Waals surface area contributed by atoms with E-state index in [-0.39, 0.29) is 35.4 Å². The van der Waals surface area contributed by atoms with E-state index in [1.807, 2.05) is 0 Å². The van der Waals surface area contributed by atoms with E-state index in [9.17, 15) is 22.8 Å². The van der Waals surface area contributed by atoms with Crippen molar-refractivity contribution in [1.82, 2.24) is 0 Å². The minimum Gasteiger partial charge on any atom is -0.482 e. The fourth-order valence-corrected chi connectivity index (χ4v) is 4.72. The number of rotatable bonds is 6. The number of anilines is 2. The molecule has 0 saturated heterocycles. The summed E-state index contributed by atoms with van der Waals surface area (Å²) in [5.74, 6) is -0.651. The second kappa shape index (κ2) is 8.27. The van der Waals surface area contributed by atoms with Crippen LogP contribution in [-0.2, 0) is 19.4 Å². The van der Waals surface area contributed by atoms with Crippen LogP contribution in [0, 0.1) is 6.92 Å². The van der Waals surface area contributed by atoms with Crippen LogP contribution in [0.4, 0.5) is 11.4 Å². The number of ether oxygens (including phenoxy) is 1. The number of hydrogen-bond acceptors (Lipinski definition) is 6. The van der Waals surface area contributed by atoms with Crippen LogP contribution in [0.2, 0.25) is 0 Å². The van der Waals surface area contributed by atoms with Crippen LogP contribution < -0.4 is 15.4 Å². The minimum absolute atomic E-state index is 0.0521. The Bertz CT molecular complexity index is 1140. The van der Waals surface area contributed by atoms with Crippen molar-refractivity contribution < 1.29 is 27.5 Å². The van der Waals surface area contributed by atoms with Gasteiger partial charge in [-0.15, -0.1) is 0 Å². The highest BCUT2D eigenvalue weighted by Crippen LogP contribution is 2.34. The molecule has 0 fully saturated rings. The maximum absolute atomic E-state index is 13.1. The van der Waals surface area contributed by atoms with Gasteiger partial charge in [0.15, 0.2) is 22.2 Å². The van der Waals surface area contributed by atoms with Crippen LogP contribution in [0.15, 0.2) is 41.3 Å². The second-order valence-electron chi connectivity index (χ2n) is 7.20. The van der Waals surface area contributed by atoms with Crippen LogP contribution in [0.25, 0.3) is 0 Å². The normalized spacial score (nSPS) is 14.2. The molecule has 0 radical (unpaired) electrons. The fraction of sp³-hybridized carbons (Fsp3) is 0.286. The van der Waals surface area contributed by atoms with Gasteiger partial charge in [-0.2, -0.15) is 0 Å². The number of aryl methyl sites for hydroxylation is 1. The van der Waals surface area contributed by atoms with Crippen molar-refractivity contribution >= 4 is 38.8 Å². The van der Waals surface area contributed by atoms with E-state index in [0.717, 1.165) is 0 Å². The predicted molar refractivity (Wildman–Crippen MR) is 112 cm³/mol. The Labute approximate surface area is 174 Å². The summed E-state index contributed by atoms with van der Waals surface area (Å²) in [5.41, 5.74) is 1.73. The number of carbonyl (C=O) groups is 3. The molecule has 1 heterocycles. The lowest BCUT2D eigenvalue weighted by atomic mass is 10.1. The first-order valence-corrected chi connectivity index (χ1v) is 10.8. The van der Waals surface area contributed by atoms with E-state index < -0.39 is 21.0 Å². The Kier molecular flexibility index (Phi) is 5.93. The molecule has 1 aliphatic heterocycles. The van der Waals surface area contributed by atoms with Gasteiger partial charge in [0.1, 0.15) is 5.75 Å². The number of benzene rings is 2. The molecule has 2 amide bonds. The van der Waals surface area contributed by atoms with Crippen molar-refractivity contribution in [3.63, 3.8) is 0 Å². The van der Waals surface area contributed by atoms with Crippen molar-refractivity contribution in [1.29, 1.82) is 0 Å². The molecular formula is C21H22N2O6S. The van der Waals surface area contributed by atoms with Gasteiger partial charge in [0.25, 0.3) is 5.91 Å². The average molecular weight is 430 g/mol. The predicted octanol–water partition coefficient (Wildman–Crippen LogP) is 2.72. The van der Waals surface area contributed by atoms with Gasteiger partial charge in [0.2, 0.25) is 5.91 Å². The van der Waals surface area contributed by atoms with Crippen LogP contribution in [0.5, 0.6) is 5.75 Å². The molecule has 30 heavy (non-hydrogen) atoms. The monoisotopic (exact) mass is 430 g/mol. The molecule has 158 valence electrons. The van der Waals surface area contributed by atoms with E-state index in [1.165, 1.54) is 19.9 Å². The maximum Gasteiger partial charge on any atom is 0.262 e. The Morgan fingerprint density at radius 2 is 1.97 bits per heavy atom. The summed E-state index contributed by atoms with van der Waals surface area (Å²) in [4.78, 5) is 35.4. The summed E-state index contributed by atoms with van der Waals surface area (Å²) < 4.78 is 31.4. The van der Waals surface area contributed by atoms with Crippen molar-refractivity contribution in [2.75, 3.05) is 17.2 Å². The van der Waals surface area contributed by atoms with Gasteiger partial charge in [-0.25, -0.2) is 8.42 Å². The second-order valence-corrected chi connectivity index (χ2v) is 9.53. The molecule has 0 unspecified atom stereocenters. The van der Waals surface area contributed by atoms with E-state index in [0.29, 0.717) is 22.5 Å². The third-order valence-corrected chi connectivity index (χ3v) is 7.05. The average Bonchev–Trinajstić information content (AvgIpc) is 2.67. The third kappa shape index (κ3) is 4.51. The van der Waals surface area contributed by atoms with Crippen LogP contribution in [0.3, 0.4) is 0 Å². The van der Waals surface area contributed by atoms with Crippen LogP contribution >= 0.6 is 0 Å². The fourth-order valence-electron chi connectivity index (χ4n) is 3.14. The first-order chi connectivity index (χ1) is 14.1. The highest BCUT2D eigenvalue weighted by molar-refractivity contribution is 7.92. The lowest BCUT2D eigenvalue weighted by molar-refractivity contribution is -0.118. The number of fused-ring (bicyclic) bond motifs is 1. The zero-order valence-corrected chi connectivity index (χ0v) is 17.6. The Morgan fingerprint density at radius 3 is 2.67 bits per heavy atom. The number of carbonyl (C=O) groups excluding carboxylic acids is 3. The zero-order valence-electron chi connectivity index (χ0n) is 16.8. The summed E-state index contributed by atoms with van der Waals surface area (Å²) in [6, 6.07) is 9.36. The number of Topliss-reactive ketones (excluding diaryl/α,β-unsaturated/α-hetero) is 1. The highest BCUT2D eigenvalue weighted by atomic mass is 32.2. The Hall–Kier alpha value is -3.20. The molecule has 0 aliphatic carbocycles. The Morgan fingerprint density at radius 1 is 1.23 bits per heavy atom. The van der Waals surface area contributed by atoms with Gasteiger partial charge in [0.05, 0.1) is 15.8 Å². The molecule has 0 bridgehead atoms. The molecule has 0 aromatic heterocycles. The summed E-state index contributed by atoms with van der Waals surface area (Å²) in [6.07, 6.45) is -0.263. The van der Waals surface area contributed by atoms with Crippen LogP contribution in [0.1, 0.15) is 36.2 Å². The van der Waals surface area contributed by atoms with Gasteiger partial charge < -0.3 is 15.4 Å². The van der Waals surface area contributed by atoms with Gasteiger partial charge in [-0.3, -0.25) is 14.4 Å². The van der Waals surface area contributed by atoms with Gasteiger partial charge in [-0.05, 0) is 44.5 Å². The topological polar surface area (TPSA) is 119 Å². The number of amides is 2. The molecule has 2 N–H and O–H groups in total. The number of hydrogen-bond donors (Lipinski definition) is 2. The van der Waals surface area contributed by atoms with E-state index >= 15 is 0 Å². The van der Waals surface area contributed by atoms with Gasteiger partial charge in [-0.1, -0.05) is 12.1 Å². The quantitative estimate of drug-likeness (QED) is 0.680. The lowest BCUT2D eigenvalue weighted by Crippen LogP contribution is -2.27. The molecule has 1 atom stereocenters. The summed E-state index contributed by atoms with van der Waals surface area (Å²) in [7, 11) is -3.83. The maximum atomic E-state index is 13.1. The van der Waals surface area contributed by atoms with Crippen molar-refractivity contribution in [3.8, 4) is 5.75 Å². The van der Waals surface area contributed by atoms with Crippen molar-refractivity contribution in [3.05, 3.63) is 47.5 Å². The first-order valence-electron chi connectivity index (χ1n) is 9.30. The number of sulfone groups is 1. The van der Waals surface area contributed by atoms with E-state index in [1.54, 1.807) is 37.3 Å². The molecule has 2 aromatic rings. The SMILES string of the molecule is CC(=O)c1cccc(NC(=O)C[C@H](C)S(=O)(=O)c2cc3c(cc2C)NC(=O)CO3)c1. The summed E-state index contributed by atoms with van der Waals surface area (Å²) in [5, 5.41) is 4.27. The molecule has 1 aliphatic rings. The van der Waals surface area contributed by atoms with E-state index in [4.69, 9.17) is 4.74 Å². The van der Waals surface area contributed by atoms with Crippen LogP contribution in [-0.4, -0.2) is 37.9 Å². The van der Waals surface area contributed by atoms with Gasteiger partial charge >= 0.3 is 0 Å². The van der Waals surface area contributed by atoms with Crippen molar-refractivity contribution in [2.45, 2.75) is 37.3 Å². The summed E-state index contributed by atoms with van der Waals surface area (Å²) >= 11 is 0. The summed E-state index contributed by atoms with van der Waals surface area (Å²) in [6.45, 7) is 4.31. The molecule has 3 rings (SSSR count). The highest BCUT2D eigenvalue weighted by Gasteiger charge is 2.29. The molecular weight excluding hydrogens is 408 g/mol. The smallest absolute Gasteiger partial charge is 0.262 e. The molecule has 2 aromatic carbocycles. The Balaban J connectivity index is 1.77. The van der Waals surface area contributed by atoms with Crippen molar-refractivity contribution in [2.24, 2.45) is 0 Å². The lowest BCUT2D eigenvalue weighted by Gasteiger charge is -2.21.